The molecule has 0 fully saturated rings. The van der Waals surface area contributed by atoms with E-state index in [0.717, 1.165) is 11.3 Å². The second-order valence-corrected chi connectivity index (χ2v) is 4.15. The SMILES string of the molecule is CC(C)(C)Oc1ncc(O)s1. The fraction of sp³-hybridized carbons (Fsp3) is 0.571. The Labute approximate surface area is 69.7 Å². The van der Waals surface area contributed by atoms with Crippen molar-refractivity contribution in [1.29, 1.82) is 0 Å². The summed E-state index contributed by atoms with van der Waals surface area (Å²) < 4.78 is 5.37. The predicted octanol–water partition coefficient (Wildman–Crippen LogP) is 2.03. The quantitative estimate of drug-likeness (QED) is 0.706. The summed E-state index contributed by atoms with van der Waals surface area (Å²) in [5.74, 6) is 0. The van der Waals surface area contributed by atoms with Crippen molar-refractivity contribution in [1.82, 2.24) is 4.98 Å². The Morgan fingerprint density at radius 1 is 1.55 bits per heavy atom. The summed E-state index contributed by atoms with van der Waals surface area (Å²) >= 11 is 1.14. The molecule has 1 aromatic rings. The molecule has 0 radical (unpaired) electrons. The van der Waals surface area contributed by atoms with E-state index in [1.807, 2.05) is 20.8 Å². The van der Waals surface area contributed by atoms with E-state index in [-0.39, 0.29) is 10.7 Å². The lowest BCUT2D eigenvalue weighted by Gasteiger charge is -2.17. The largest absolute Gasteiger partial charge is 0.498 e. The fourth-order valence-electron chi connectivity index (χ4n) is 0.559. The molecule has 0 saturated carbocycles. The van der Waals surface area contributed by atoms with Gasteiger partial charge >= 0.3 is 0 Å². The number of hydrogen-bond acceptors (Lipinski definition) is 4. The lowest BCUT2D eigenvalue weighted by molar-refractivity contribution is 0.130. The van der Waals surface area contributed by atoms with Gasteiger partial charge in [-0.3, -0.25) is 0 Å². The van der Waals surface area contributed by atoms with Crippen molar-refractivity contribution in [2.45, 2.75) is 26.4 Å². The Hall–Kier alpha value is -0.770. The van der Waals surface area contributed by atoms with Crippen molar-refractivity contribution in [2.24, 2.45) is 0 Å². The molecule has 0 aliphatic heterocycles. The molecule has 0 aromatic carbocycles. The fourth-order valence-corrected chi connectivity index (χ4v) is 1.24. The normalized spacial score (nSPS) is 11.5. The summed E-state index contributed by atoms with van der Waals surface area (Å²) in [6, 6.07) is 0. The lowest BCUT2D eigenvalue weighted by atomic mass is 10.2. The molecule has 0 aliphatic rings. The van der Waals surface area contributed by atoms with Crippen LogP contribution in [-0.2, 0) is 0 Å². The van der Waals surface area contributed by atoms with E-state index in [0.29, 0.717) is 5.19 Å². The van der Waals surface area contributed by atoms with Gasteiger partial charge in [0.1, 0.15) is 5.60 Å². The maximum absolute atomic E-state index is 8.93. The van der Waals surface area contributed by atoms with Crippen LogP contribution in [0.2, 0.25) is 0 Å². The first-order valence-corrected chi connectivity index (χ1v) is 4.13. The highest BCUT2D eigenvalue weighted by Gasteiger charge is 2.13. The van der Waals surface area contributed by atoms with Gasteiger partial charge in [0, 0.05) is 0 Å². The lowest BCUT2D eigenvalue weighted by Crippen LogP contribution is -2.22. The highest BCUT2D eigenvalue weighted by Crippen LogP contribution is 2.28. The molecule has 62 valence electrons. The van der Waals surface area contributed by atoms with Gasteiger partial charge in [-0.25, -0.2) is 4.98 Å². The number of ether oxygens (including phenoxy) is 1. The van der Waals surface area contributed by atoms with Crippen LogP contribution in [0, 0.1) is 0 Å². The predicted molar refractivity (Wildman–Crippen MR) is 44.2 cm³/mol. The maximum atomic E-state index is 8.93. The molecule has 4 heteroatoms. The van der Waals surface area contributed by atoms with Gasteiger partial charge in [0.25, 0.3) is 5.19 Å². The first-order chi connectivity index (χ1) is 4.97. The molecule has 3 nitrogen and oxygen atoms in total. The van der Waals surface area contributed by atoms with Crippen LogP contribution in [0.15, 0.2) is 6.20 Å². The molecule has 1 heterocycles. The average Bonchev–Trinajstić information content (AvgIpc) is 2.10. The van der Waals surface area contributed by atoms with Crippen molar-refractivity contribution < 1.29 is 9.84 Å². The number of aromatic hydroxyl groups is 1. The van der Waals surface area contributed by atoms with Gasteiger partial charge in [0.15, 0.2) is 5.06 Å². The zero-order valence-corrected chi connectivity index (χ0v) is 7.60. The van der Waals surface area contributed by atoms with Crippen LogP contribution in [0.5, 0.6) is 10.3 Å². The van der Waals surface area contributed by atoms with Gasteiger partial charge in [-0.15, -0.1) is 0 Å². The van der Waals surface area contributed by atoms with Crippen molar-refractivity contribution in [3.8, 4) is 10.3 Å². The second kappa shape index (κ2) is 2.70. The van der Waals surface area contributed by atoms with Crippen molar-refractivity contribution in [3.05, 3.63) is 6.20 Å². The van der Waals surface area contributed by atoms with Gasteiger partial charge in [0.2, 0.25) is 0 Å². The van der Waals surface area contributed by atoms with Crippen molar-refractivity contribution in [2.75, 3.05) is 0 Å². The Morgan fingerprint density at radius 2 is 2.18 bits per heavy atom. The number of hydrogen-bond donors (Lipinski definition) is 1. The minimum atomic E-state index is -0.246. The molecule has 0 spiro atoms. The monoisotopic (exact) mass is 173 g/mol. The van der Waals surface area contributed by atoms with Gasteiger partial charge in [-0.1, -0.05) is 0 Å². The molecule has 1 N–H and O–H groups in total. The van der Waals surface area contributed by atoms with Crippen LogP contribution in [0.4, 0.5) is 0 Å². The van der Waals surface area contributed by atoms with E-state index < -0.39 is 0 Å². The van der Waals surface area contributed by atoms with Crippen LogP contribution in [0.3, 0.4) is 0 Å². The summed E-state index contributed by atoms with van der Waals surface area (Å²) in [5.41, 5.74) is -0.246. The molecule has 0 atom stereocenters. The van der Waals surface area contributed by atoms with Gasteiger partial charge in [0.05, 0.1) is 6.20 Å². The van der Waals surface area contributed by atoms with E-state index in [9.17, 15) is 0 Å². The summed E-state index contributed by atoms with van der Waals surface area (Å²) in [7, 11) is 0. The van der Waals surface area contributed by atoms with Crippen LogP contribution >= 0.6 is 11.3 Å². The maximum Gasteiger partial charge on any atom is 0.277 e. The second-order valence-electron chi connectivity index (χ2n) is 3.18. The summed E-state index contributed by atoms with van der Waals surface area (Å²) in [5, 5.41) is 9.62. The number of nitrogens with zero attached hydrogens (tertiary/aromatic N) is 1. The number of aromatic nitrogens is 1. The molecule has 0 saturated heterocycles. The molecular formula is C7H11NO2S. The highest BCUT2D eigenvalue weighted by molar-refractivity contribution is 7.15. The molecule has 11 heavy (non-hydrogen) atoms. The molecule has 0 aliphatic carbocycles. The van der Waals surface area contributed by atoms with Crippen LogP contribution in [-0.4, -0.2) is 15.7 Å². The zero-order chi connectivity index (χ0) is 8.48. The van der Waals surface area contributed by atoms with E-state index in [1.54, 1.807) is 0 Å². The molecule has 0 amide bonds. The first kappa shape index (κ1) is 8.33. The Kier molecular flexibility index (Phi) is 2.04. The highest BCUT2D eigenvalue weighted by atomic mass is 32.1. The summed E-state index contributed by atoms with van der Waals surface area (Å²) in [6.07, 6.45) is 1.38. The van der Waals surface area contributed by atoms with Crippen molar-refractivity contribution >= 4 is 11.3 Å². The summed E-state index contributed by atoms with van der Waals surface area (Å²) in [6.45, 7) is 5.81. The van der Waals surface area contributed by atoms with Crippen LogP contribution in [0.1, 0.15) is 20.8 Å². The molecule has 0 bridgehead atoms. The first-order valence-electron chi connectivity index (χ1n) is 3.31. The summed E-state index contributed by atoms with van der Waals surface area (Å²) in [4.78, 5) is 3.85. The standard InChI is InChI=1S/C7H11NO2S/c1-7(2,3)10-6-8-4-5(9)11-6/h4,9H,1-3H3. The number of rotatable bonds is 1. The third-order valence-electron chi connectivity index (χ3n) is 0.866. The van der Waals surface area contributed by atoms with E-state index in [4.69, 9.17) is 9.84 Å². The van der Waals surface area contributed by atoms with Gasteiger partial charge < -0.3 is 9.84 Å². The van der Waals surface area contributed by atoms with Crippen LogP contribution < -0.4 is 4.74 Å². The molecule has 1 rings (SSSR count). The van der Waals surface area contributed by atoms with Gasteiger partial charge in [-0.05, 0) is 32.1 Å². The average molecular weight is 173 g/mol. The molecule has 1 aromatic heterocycles. The smallest absolute Gasteiger partial charge is 0.277 e. The topological polar surface area (TPSA) is 42.4 Å². The van der Waals surface area contributed by atoms with Crippen molar-refractivity contribution in [3.63, 3.8) is 0 Å². The van der Waals surface area contributed by atoms with Gasteiger partial charge in [-0.2, -0.15) is 0 Å². The van der Waals surface area contributed by atoms with E-state index in [2.05, 4.69) is 4.98 Å². The Balaban J connectivity index is 2.65. The third-order valence-corrected chi connectivity index (χ3v) is 1.54. The number of thiazole rings is 1. The minimum absolute atomic E-state index is 0.184. The third kappa shape index (κ3) is 2.76. The molecular weight excluding hydrogens is 162 g/mol. The Bertz CT molecular complexity index is 239. The van der Waals surface area contributed by atoms with Crippen LogP contribution in [0.25, 0.3) is 0 Å². The zero-order valence-electron chi connectivity index (χ0n) is 6.79. The molecule has 0 unspecified atom stereocenters. The van der Waals surface area contributed by atoms with E-state index >= 15 is 0 Å². The van der Waals surface area contributed by atoms with E-state index in [1.165, 1.54) is 6.20 Å². The Morgan fingerprint density at radius 3 is 2.55 bits per heavy atom. The minimum Gasteiger partial charge on any atom is -0.498 e.